The lowest BCUT2D eigenvalue weighted by atomic mass is 9.98. The summed E-state index contributed by atoms with van der Waals surface area (Å²) in [6, 6.07) is -0.0253. The van der Waals surface area contributed by atoms with Gasteiger partial charge in [0.25, 0.3) is 0 Å². The van der Waals surface area contributed by atoms with Gasteiger partial charge in [0, 0.05) is 11.6 Å². The molecule has 3 heteroatoms. The molecule has 0 spiro atoms. The molecule has 0 aromatic carbocycles. The molecular weight excluding hydrogens is 116 g/mol. The van der Waals surface area contributed by atoms with Crippen LogP contribution in [0.3, 0.4) is 0 Å². The summed E-state index contributed by atoms with van der Waals surface area (Å²) in [6.45, 7) is 5.62. The lowest BCUT2D eigenvalue weighted by Crippen LogP contribution is -2.51. The zero-order valence-corrected chi connectivity index (χ0v) is 6.14. The zero-order chi connectivity index (χ0) is 7.49. The lowest BCUT2D eigenvalue weighted by Gasteiger charge is -2.27. The summed E-state index contributed by atoms with van der Waals surface area (Å²) in [5, 5.41) is 2.62. The largest absolute Gasteiger partial charge is 0.352 e. The maximum atomic E-state index is 9.96. The molecule has 1 amide bonds. The minimum absolute atomic E-state index is 0.0253. The van der Waals surface area contributed by atoms with E-state index >= 15 is 0 Å². The van der Waals surface area contributed by atoms with E-state index in [2.05, 4.69) is 5.32 Å². The molecule has 0 saturated heterocycles. The predicted molar refractivity (Wildman–Crippen MR) is 36.9 cm³/mol. The molecule has 3 N–H and O–H groups in total. The van der Waals surface area contributed by atoms with Crippen LogP contribution in [0.2, 0.25) is 0 Å². The van der Waals surface area contributed by atoms with Crippen LogP contribution < -0.4 is 11.1 Å². The third kappa shape index (κ3) is 2.46. The summed E-state index contributed by atoms with van der Waals surface area (Å²) in [7, 11) is 0. The van der Waals surface area contributed by atoms with Crippen molar-refractivity contribution in [3.05, 3.63) is 0 Å². The highest BCUT2D eigenvalue weighted by Gasteiger charge is 2.20. The van der Waals surface area contributed by atoms with Crippen molar-refractivity contribution in [2.75, 3.05) is 0 Å². The Labute approximate surface area is 55.6 Å². The summed E-state index contributed by atoms with van der Waals surface area (Å²) in [6.07, 6.45) is 0.670. The molecule has 0 saturated carbocycles. The van der Waals surface area contributed by atoms with E-state index in [1.165, 1.54) is 0 Å². The maximum Gasteiger partial charge on any atom is 0.207 e. The zero-order valence-electron chi connectivity index (χ0n) is 6.14. The Kier molecular flexibility index (Phi) is 2.65. The fraction of sp³-hybridized carbons (Fsp3) is 0.833. The minimum atomic E-state index is -0.290. The number of amides is 1. The van der Waals surface area contributed by atoms with E-state index in [1.807, 2.05) is 20.8 Å². The van der Waals surface area contributed by atoms with Crippen LogP contribution in [0.1, 0.15) is 20.8 Å². The van der Waals surface area contributed by atoms with E-state index in [4.69, 9.17) is 5.73 Å². The quantitative estimate of drug-likeness (QED) is 0.522. The fourth-order valence-corrected chi connectivity index (χ4v) is 0.283. The van der Waals surface area contributed by atoms with Crippen LogP contribution in [0, 0.1) is 0 Å². The monoisotopic (exact) mass is 130 g/mol. The number of nitrogens with two attached hydrogens (primary N) is 1. The highest BCUT2D eigenvalue weighted by Crippen LogP contribution is 2.03. The molecule has 0 aromatic heterocycles. The van der Waals surface area contributed by atoms with Gasteiger partial charge in [0.15, 0.2) is 0 Å². The molecular formula is C6H14N2O. The van der Waals surface area contributed by atoms with Crippen molar-refractivity contribution in [1.82, 2.24) is 5.32 Å². The Bertz CT molecular complexity index is 99.2. The van der Waals surface area contributed by atoms with E-state index in [1.54, 1.807) is 0 Å². The summed E-state index contributed by atoms with van der Waals surface area (Å²) in [4.78, 5) is 9.96. The molecule has 0 aromatic rings. The van der Waals surface area contributed by atoms with Gasteiger partial charge < -0.3 is 11.1 Å². The van der Waals surface area contributed by atoms with Gasteiger partial charge in [0.05, 0.1) is 0 Å². The second kappa shape index (κ2) is 2.82. The van der Waals surface area contributed by atoms with Crippen LogP contribution in [0.5, 0.6) is 0 Å². The molecule has 0 fully saturated rings. The second-order valence-corrected chi connectivity index (χ2v) is 2.77. The smallest absolute Gasteiger partial charge is 0.207 e. The van der Waals surface area contributed by atoms with Gasteiger partial charge in [-0.25, -0.2) is 0 Å². The van der Waals surface area contributed by atoms with E-state index in [0.717, 1.165) is 0 Å². The Hall–Kier alpha value is -0.570. The summed E-state index contributed by atoms with van der Waals surface area (Å²) in [5.41, 5.74) is 5.24. The number of rotatable bonds is 3. The lowest BCUT2D eigenvalue weighted by molar-refractivity contribution is -0.111. The van der Waals surface area contributed by atoms with E-state index in [-0.39, 0.29) is 11.6 Å². The first-order chi connectivity index (χ1) is 4.00. The van der Waals surface area contributed by atoms with Crippen molar-refractivity contribution in [1.29, 1.82) is 0 Å². The first kappa shape index (κ1) is 8.43. The SMILES string of the molecule is CC(N)C(C)(C)NC=O. The van der Waals surface area contributed by atoms with Crippen LogP contribution in [0.25, 0.3) is 0 Å². The molecule has 0 radical (unpaired) electrons. The van der Waals surface area contributed by atoms with Crippen LogP contribution in [0.15, 0.2) is 0 Å². The average molecular weight is 130 g/mol. The Balaban J connectivity index is 3.84. The number of hydrogen-bond acceptors (Lipinski definition) is 2. The highest BCUT2D eigenvalue weighted by molar-refractivity contribution is 5.47. The summed E-state index contributed by atoms with van der Waals surface area (Å²) >= 11 is 0. The van der Waals surface area contributed by atoms with Gasteiger partial charge in [-0.3, -0.25) is 4.79 Å². The van der Waals surface area contributed by atoms with Crippen LogP contribution >= 0.6 is 0 Å². The van der Waals surface area contributed by atoms with Gasteiger partial charge in [-0.2, -0.15) is 0 Å². The van der Waals surface area contributed by atoms with Crippen molar-refractivity contribution >= 4 is 6.41 Å². The average Bonchev–Trinajstić information content (AvgIpc) is 1.65. The van der Waals surface area contributed by atoms with Gasteiger partial charge >= 0.3 is 0 Å². The molecule has 1 unspecified atom stereocenters. The van der Waals surface area contributed by atoms with Crippen LogP contribution in [-0.2, 0) is 4.79 Å². The number of carbonyl (C=O) groups is 1. The minimum Gasteiger partial charge on any atom is -0.352 e. The second-order valence-electron chi connectivity index (χ2n) is 2.77. The standard InChI is InChI=1S/C6H14N2O/c1-5(7)6(2,3)8-4-9/h4-5H,7H2,1-3H3,(H,8,9). The third-order valence-electron chi connectivity index (χ3n) is 1.57. The number of carbonyl (C=O) groups excluding carboxylic acids is 1. The van der Waals surface area contributed by atoms with Crippen molar-refractivity contribution in [3.63, 3.8) is 0 Å². The van der Waals surface area contributed by atoms with E-state index in [0.29, 0.717) is 6.41 Å². The first-order valence-electron chi connectivity index (χ1n) is 2.97. The van der Waals surface area contributed by atoms with Gasteiger partial charge in [0.1, 0.15) is 0 Å². The van der Waals surface area contributed by atoms with E-state index in [9.17, 15) is 4.79 Å². The van der Waals surface area contributed by atoms with Crippen LogP contribution in [0.4, 0.5) is 0 Å². The topological polar surface area (TPSA) is 55.1 Å². The van der Waals surface area contributed by atoms with E-state index < -0.39 is 0 Å². The summed E-state index contributed by atoms with van der Waals surface area (Å²) in [5.74, 6) is 0. The predicted octanol–water partition coefficient (Wildman–Crippen LogP) is -0.142. The van der Waals surface area contributed by atoms with Gasteiger partial charge in [0.2, 0.25) is 6.41 Å². The molecule has 0 rings (SSSR count). The molecule has 0 heterocycles. The molecule has 54 valence electrons. The van der Waals surface area contributed by atoms with Gasteiger partial charge in [-0.05, 0) is 20.8 Å². The summed E-state index contributed by atoms with van der Waals surface area (Å²) < 4.78 is 0. The normalized spacial score (nSPS) is 14.7. The first-order valence-corrected chi connectivity index (χ1v) is 2.97. The third-order valence-corrected chi connectivity index (χ3v) is 1.57. The number of hydrogen-bond donors (Lipinski definition) is 2. The van der Waals surface area contributed by atoms with Gasteiger partial charge in [-0.1, -0.05) is 0 Å². The molecule has 0 aliphatic rings. The fourth-order valence-electron chi connectivity index (χ4n) is 0.283. The Morgan fingerprint density at radius 1 is 1.67 bits per heavy atom. The van der Waals surface area contributed by atoms with Crippen molar-refractivity contribution in [3.8, 4) is 0 Å². The molecule has 0 aliphatic carbocycles. The van der Waals surface area contributed by atoms with Crippen molar-refractivity contribution in [2.45, 2.75) is 32.4 Å². The molecule has 1 atom stereocenters. The molecule has 9 heavy (non-hydrogen) atoms. The Morgan fingerprint density at radius 3 is 2.22 bits per heavy atom. The van der Waals surface area contributed by atoms with Gasteiger partial charge in [-0.15, -0.1) is 0 Å². The molecule has 0 aliphatic heterocycles. The highest BCUT2D eigenvalue weighted by atomic mass is 16.1. The molecule has 3 nitrogen and oxygen atoms in total. The van der Waals surface area contributed by atoms with Crippen molar-refractivity contribution in [2.24, 2.45) is 5.73 Å². The number of nitrogens with one attached hydrogen (secondary N) is 1. The Morgan fingerprint density at radius 2 is 2.11 bits per heavy atom. The van der Waals surface area contributed by atoms with Crippen LogP contribution in [-0.4, -0.2) is 18.0 Å². The molecule has 0 bridgehead atoms. The maximum absolute atomic E-state index is 9.96. The van der Waals surface area contributed by atoms with Crippen molar-refractivity contribution < 1.29 is 4.79 Å².